The highest BCUT2D eigenvalue weighted by molar-refractivity contribution is 7.09. The van der Waals surface area contributed by atoms with Crippen molar-refractivity contribution in [3.63, 3.8) is 0 Å². The molecule has 0 fully saturated rings. The molecule has 148 valence electrons. The van der Waals surface area contributed by atoms with E-state index in [1.165, 1.54) is 0 Å². The van der Waals surface area contributed by atoms with Gasteiger partial charge >= 0.3 is 0 Å². The number of aryl methyl sites for hydroxylation is 1. The maximum Gasteiger partial charge on any atom is 0.194 e. The number of guanidine groups is 1. The van der Waals surface area contributed by atoms with Crippen molar-refractivity contribution in [2.45, 2.75) is 26.4 Å². The standard InChI is InChI=1S/C20H31N5OS/c1-7-21-20(25(5)13-16-14-27-15(2)23-16)22-12-18(24(3)4)17-10-8-9-11-19(17)26-6/h8-11,14,18H,7,12-13H2,1-6H3,(H,21,22). The summed E-state index contributed by atoms with van der Waals surface area (Å²) in [6, 6.07) is 8.27. The number of benzene rings is 1. The zero-order chi connectivity index (χ0) is 19.8. The van der Waals surface area contributed by atoms with E-state index in [0.29, 0.717) is 6.54 Å². The van der Waals surface area contributed by atoms with Gasteiger partial charge in [0.2, 0.25) is 0 Å². The minimum Gasteiger partial charge on any atom is -0.496 e. The topological polar surface area (TPSA) is 53.0 Å². The van der Waals surface area contributed by atoms with Gasteiger partial charge in [-0.25, -0.2) is 4.98 Å². The monoisotopic (exact) mass is 389 g/mol. The van der Waals surface area contributed by atoms with Crippen molar-refractivity contribution < 1.29 is 4.74 Å². The average Bonchev–Trinajstić information content (AvgIpc) is 3.05. The van der Waals surface area contributed by atoms with E-state index in [4.69, 9.17) is 9.73 Å². The number of nitrogens with one attached hydrogen (secondary N) is 1. The molecule has 2 rings (SSSR count). The molecule has 1 heterocycles. The van der Waals surface area contributed by atoms with Crippen LogP contribution in [0.25, 0.3) is 0 Å². The molecule has 0 amide bonds. The second-order valence-electron chi connectivity index (χ2n) is 6.63. The molecule has 1 aromatic heterocycles. The number of rotatable bonds is 8. The SMILES string of the molecule is CCNC(=NCC(c1ccccc1OC)N(C)C)N(C)Cc1csc(C)n1. The van der Waals surface area contributed by atoms with Gasteiger partial charge < -0.3 is 19.9 Å². The number of aliphatic imine (C=N–C) groups is 1. The molecule has 7 heteroatoms. The molecule has 0 saturated carbocycles. The minimum atomic E-state index is 0.129. The Morgan fingerprint density at radius 1 is 1.30 bits per heavy atom. The summed E-state index contributed by atoms with van der Waals surface area (Å²) < 4.78 is 5.55. The van der Waals surface area contributed by atoms with E-state index in [2.05, 4.69) is 52.6 Å². The number of hydrogen-bond acceptors (Lipinski definition) is 5. The summed E-state index contributed by atoms with van der Waals surface area (Å²) in [6.07, 6.45) is 0. The van der Waals surface area contributed by atoms with Gasteiger partial charge in [0.25, 0.3) is 0 Å². The highest BCUT2D eigenvalue weighted by Gasteiger charge is 2.19. The van der Waals surface area contributed by atoms with Crippen molar-refractivity contribution in [1.82, 2.24) is 20.1 Å². The van der Waals surface area contributed by atoms with Gasteiger partial charge in [0.05, 0.1) is 36.9 Å². The molecule has 0 aliphatic rings. The van der Waals surface area contributed by atoms with Crippen LogP contribution in [0.2, 0.25) is 0 Å². The predicted molar refractivity (Wildman–Crippen MR) is 114 cm³/mol. The second kappa shape index (κ2) is 10.3. The number of methoxy groups -OCH3 is 1. The van der Waals surface area contributed by atoms with Gasteiger partial charge in [0, 0.05) is 24.5 Å². The third-order valence-electron chi connectivity index (χ3n) is 4.30. The lowest BCUT2D eigenvalue weighted by Crippen LogP contribution is -2.39. The van der Waals surface area contributed by atoms with E-state index in [-0.39, 0.29) is 6.04 Å². The van der Waals surface area contributed by atoms with Crippen LogP contribution >= 0.6 is 11.3 Å². The summed E-state index contributed by atoms with van der Waals surface area (Å²) in [5.41, 5.74) is 2.21. The first-order valence-corrected chi connectivity index (χ1v) is 10.0. The summed E-state index contributed by atoms with van der Waals surface area (Å²) in [5, 5.41) is 6.58. The number of thiazole rings is 1. The second-order valence-corrected chi connectivity index (χ2v) is 7.69. The maximum absolute atomic E-state index is 5.55. The van der Waals surface area contributed by atoms with Crippen LogP contribution < -0.4 is 10.1 Å². The van der Waals surface area contributed by atoms with Crippen molar-refractivity contribution in [3.8, 4) is 5.75 Å². The fraction of sp³-hybridized carbons (Fsp3) is 0.500. The number of nitrogens with zero attached hydrogens (tertiary/aromatic N) is 4. The third kappa shape index (κ3) is 5.94. The fourth-order valence-electron chi connectivity index (χ4n) is 2.92. The van der Waals surface area contributed by atoms with Crippen LogP contribution in [-0.2, 0) is 6.54 Å². The number of likely N-dealkylation sites (N-methyl/N-ethyl adjacent to an activating group) is 1. The Morgan fingerprint density at radius 3 is 2.63 bits per heavy atom. The molecular formula is C20H31N5OS. The van der Waals surface area contributed by atoms with Crippen LogP contribution in [0.1, 0.15) is 29.2 Å². The molecule has 0 saturated heterocycles. The normalized spacial score (nSPS) is 12.9. The average molecular weight is 390 g/mol. The van der Waals surface area contributed by atoms with E-state index in [0.717, 1.165) is 41.1 Å². The van der Waals surface area contributed by atoms with E-state index in [1.807, 2.05) is 32.2 Å². The lowest BCUT2D eigenvalue weighted by atomic mass is 10.0. The molecule has 1 aromatic carbocycles. The first-order valence-electron chi connectivity index (χ1n) is 9.16. The van der Waals surface area contributed by atoms with E-state index < -0.39 is 0 Å². The summed E-state index contributed by atoms with van der Waals surface area (Å²) >= 11 is 1.68. The maximum atomic E-state index is 5.55. The number of aromatic nitrogens is 1. The van der Waals surface area contributed by atoms with Crippen molar-refractivity contribution in [1.29, 1.82) is 0 Å². The summed E-state index contributed by atoms with van der Waals surface area (Å²) in [6.45, 7) is 6.30. The zero-order valence-corrected chi connectivity index (χ0v) is 18.0. The quantitative estimate of drug-likeness (QED) is 0.555. The summed E-state index contributed by atoms with van der Waals surface area (Å²) in [4.78, 5) is 13.7. The Labute approximate surface area is 166 Å². The van der Waals surface area contributed by atoms with Crippen LogP contribution in [0.5, 0.6) is 5.75 Å². The van der Waals surface area contributed by atoms with Crippen LogP contribution in [0.15, 0.2) is 34.6 Å². The van der Waals surface area contributed by atoms with Crippen molar-refractivity contribution in [2.24, 2.45) is 4.99 Å². The molecule has 0 spiro atoms. The number of ether oxygens (including phenoxy) is 1. The highest BCUT2D eigenvalue weighted by Crippen LogP contribution is 2.28. The zero-order valence-electron chi connectivity index (χ0n) is 17.2. The van der Waals surface area contributed by atoms with Gasteiger partial charge in [-0.15, -0.1) is 11.3 Å². The predicted octanol–water partition coefficient (Wildman–Crippen LogP) is 3.16. The molecule has 6 nitrogen and oxygen atoms in total. The highest BCUT2D eigenvalue weighted by atomic mass is 32.1. The van der Waals surface area contributed by atoms with Crippen molar-refractivity contribution in [2.75, 3.05) is 41.3 Å². The van der Waals surface area contributed by atoms with Gasteiger partial charge in [-0.2, -0.15) is 0 Å². The number of hydrogen-bond donors (Lipinski definition) is 1. The molecule has 2 aromatic rings. The Hall–Kier alpha value is -2.12. The molecule has 1 atom stereocenters. The fourth-order valence-corrected chi connectivity index (χ4v) is 3.53. The van der Waals surface area contributed by atoms with E-state index >= 15 is 0 Å². The molecule has 0 aliphatic carbocycles. The molecular weight excluding hydrogens is 358 g/mol. The van der Waals surface area contributed by atoms with Crippen LogP contribution in [0, 0.1) is 6.92 Å². The van der Waals surface area contributed by atoms with Crippen molar-refractivity contribution >= 4 is 17.3 Å². The Bertz CT molecular complexity index is 743. The van der Waals surface area contributed by atoms with Crippen LogP contribution in [0.3, 0.4) is 0 Å². The van der Waals surface area contributed by atoms with Gasteiger partial charge in [-0.1, -0.05) is 18.2 Å². The minimum absolute atomic E-state index is 0.129. The van der Waals surface area contributed by atoms with Gasteiger partial charge in [0.1, 0.15) is 5.75 Å². The van der Waals surface area contributed by atoms with Gasteiger partial charge in [0.15, 0.2) is 5.96 Å². The van der Waals surface area contributed by atoms with Gasteiger partial charge in [-0.05, 0) is 34.0 Å². The Kier molecular flexibility index (Phi) is 8.06. The molecule has 1 N–H and O–H groups in total. The first kappa shape index (κ1) is 21.2. The summed E-state index contributed by atoms with van der Waals surface area (Å²) in [5.74, 6) is 1.77. The Morgan fingerprint density at radius 2 is 2.04 bits per heavy atom. The largest absolute Gasteiger partial charge is 0.496 e. The van der Waals surface area contributed by atoms with Crippen LogP contribution in [-0.4, -0.2) is 62.1 Å². The lowest BCUT2D eigenvalue weighted by molar-refractivity contribution is 0.294. The number of para-hydroxylation sites is 1. The molecule has 1 unspecified atom stereocenters. The van der Waals surface area contributed by atoms with Gasteiger partial charge in [-0.3, -0.25) is 4.99 Å². The van der Waals surface area contributed by atoms with Crippen LogP contribution in [0.4, 0.5) is 0 Å². The molecule has 0 aliphatic heterocycles. The van der Waals surface area contributed by atoms with Crippen molar-refractivity contribution in [3.05, 3.63) is 45.9 Å². The van der Waals surface area contributed by atoms with E-state index in [1.54, 1.807) is 18.4 Å². The Balaban J connectivity index is 2.19. The molecule has 0 radical (unpaired) electrons. The molecule has 27 heavy (non-hydrogen) atoms. The summed E-state index contributed by atoms with van der Waals surface area (Å²) in [7, 11) is 7.90. The third-order valence-corrected chi connectivity index (χ3v) is 5.12. The smallest absolute Gasteiger partial charge is 0.194 e. The van der Waals surface area contributed by atoms with E-state index in [9.17, 15) is 0 Å². The lowest BCUT2D eigenvalue weighted by Gasteiger charge is -2.26. The molecule has 0 bridgehead atoms. The first-order chi connectivity index (χ1) is 13.0.